The van der Waals surface area contributed by atoms with Crippen LogP contribution >= 0.6 is 0 Å². The lowest BCUT2D eigenvalue weighted by Gasteiger charge is -2.06. The highest BCUT2D eigenvalue weighted by molar-refractivity contribution is 5.56. The lowest BCUT2D eigenvalue weighted by atomic mass is 10.2. The molecule has 3 heterocycles. The molecule has 2 aromatic heterocycles. The standard InChI is InChI=1S/C13H19N5O/c1-3-18-8-9(5-16-18)12-7-15-13(17-12)11-4-10(19-2)6-14-11/h5,7-8,10-11,14H,3-4,6H2,1-2H3,(H,15,17). The van der Waals surface area contributed by atoms with Gasteiger partial charge in [-0.05, 0) is 13.3 Å². The number of imidazole rings is 1. The molecule has 0 aromatic carbocycles. The Morgan fingerprint density at radius 2 is 2.37 bits per heavy atom. The summed E-state index contributed by atoms with van der Waals surface area (Å²) in [7, 11) is 1.75. The number of hydrogen-bond donors (Lipinski definition) is 2. The Kier molecular flexibility index (Phi) is 3.35. The van der Waals surface area contributed by atoms with Crippen molar-refractivity contribution in [2.24, 2.45) is 0 Å². The maximum Gasteiger partial charge on any atom is 0.123 e. The monoisotopic (exact) mass is 261 g/mol. The molecule has 0 saturated carbocycles. The van der Waals surface area contributed by atoms with Crippen LogP contribution in [0.3, 0.4) is 0 Å². The molecule has 1 saturated heterocycles. The van der Waals surface area contributed by atoms with Gasteiger partial charge in [0.15, 0.2) is 0 Å². The van der Waals surface area contributed by atoms with Gasteiger partial charge in [-0.15, -0.1) is 0 Å². The number of nitrogens with one attached hydrogen (secondary N) is 2. The van der Waals surface area contributed by atoms with Crippen molar-refractivity contribution in [2.75, 3.05) is 13.7 Å². The van der Waals surface area contributed by atoms with Crippen molar-refractivity contribution < 1.29 is 4.74 Å². The fourth-order valence-electron chi connectivity index (χ4n) is 2.43. The normalized spacial score (nSPS) is 23.1. The van der Waals surface area contributed by atoms with Gasteiger partial charge in [0, 0.05) is 32.0 Å². The quantitative estimate of drug-likeness (QED) is 0.871. The smallest absolute Gasteiger partial charge is 0.123 e. The van der Waals surface area contributed by atoms with E-state index in [4.69, 9.17) is 4.74 Å². The Bertz CT molecular complexity index is 547. The Balaban J connectivity index is 1.76. The predicted molar refractivity (Wildman–Crippen MR) is 71.6 cm³/mol. The third-order valence-corrected chi connectivity index (χ3v) is 3.62. The highest BCUT2D eigenvalue weighted by atomic mass is 16.5. The van der Waals surface area contributed by atoms with Crippen LogP contribution in [0.15, 0.2) is 18.6 Å². The van der Waals surface area contributed by atoms with Gasteiger partial charge < -0.3 is 15.0 Å². The minimum atomic E-state index is 0.250. The summed E-state index contributed by atoms with van der Waals surface area (Å²) in [4.78, 5) is 7.84. The van der Waals surface area contributed by atoms with E-state index >= 15 is 0 Å². The first-order valence-electron chi connectivity index (χ1n) is 6.64. The Labute approximate surface area is 112 Å². The molecule has 6 heteroatoms. The van der Waals surface area contributed by atoms with Crippen LogP contribution in [-0.2, 0) is 11.3 Å². The summed E-state index contributed by atoms with van der Waals surface area (Å²) in [5.74, 6) is 0.971. The molecule has 19 heavy (non-hydrogen) atoms. The van der Waals surface area contributed by atoms with Gasteiger partial charge in [-0.25, -0.2) is 4.98 Å². The molecular weight excluding hydrogens is 242 g/mol. The fraction of sp³-hybridized carbons (Fsp3) is 0.538. The number of ether oxygens (including phenoxy) is 1. The number of hydrogen-bond acceptors (Lipinski definition) is 4. The van der Waals surface area contributed by atoms with Crippen LogP contribution in [0.1, 0.15) is 25.2 Å². The van der Waals surface area contributed by atoms with Crippen LogP contribution in [0, 0.1) is 0 Å². The molecule has 2 aromatic rings. The maximum atomic E-state index is 5.35. The first-order valence-corrected chi connectivity index (χ1v) is 6.64. The van der Waals surface area contributed by atoms with Gasteiger partial charge in [0.25, 0.3) is 0 Å². The van der Waals surface area contributed by atoms with Crippen molar-refractivity contribution in [2.45, 2.75) is 32.0 Å². The van der Waals surface area contributed by atoms with Crippen LogP contribution in [-0.4, -0.2) is 39.5 Å². The van der Waals surface area contributed by atoms with Crippen molar-refractivity contribution in [3.05, 3.63) is 24.4 Å². The lowest BCUT2D eigenvalue weighted by molar-refractivity contribution is 0.117. The molecule has 0 bridgehead atoms. The molecule has 2 unspecified atom stereocenters. The molecule has 0 spiro atoms. The van der Waals surface area contributed by atoms with Gasteiger partial charge in [-0.2, -0.15) is 5.10 Å². The van der Waals surface area contributed by atoms with E-state index < -0.39 is 0 Å². The van der Waals surface area contributed by atoms with Crippen LogP contribution in [0.4, 0.5) is 0 Å². The first-order chi connectivity index (χ1) is 9.30. The SMILES string of the molecule is CCn1cc(-c2cnc(C3CC(OC)CN3)[nH]2)cn1. The van der Waals surface area contributed by atoms with E-state index in [2.05, 4.69) is 27.3 Å². The van der Waals surface area contributed by atoms with E-state index in [9.17, 15) is 0 Å². The lowest BCUT2D eigenvalue weighted by Crippen LogP contribution is -2.16. The van der Waals surface area contributed by atoms with E-state index in [1.165, 1.54) is 0 Å². The van der Waals surface area contributed by atoms with Crippen LogP contribution in [0.25, 0.3) is 11.3 Å². The molecule has 2 N–H and O–H groups in total. The van der Waals surface area contributed by atoms with Crippen LogP contribution in [0.5, 0.6) is 0 Å². The minimum Gasteiger partial charge on any atom is -0.380 e. The average molecular weight is 261 g/mol. The molecule has 102 valence electrons. The molecule has 0 radical (unpaired) electrons. The van der Waals surface area contributed by atoms with Gasteiger partial charge >= 0.3 is 0 Å². The predicted octanol–water partition coefficient (Wildman–Crippen LogP) is 1.34. The van der Waals surface area contributed by atoms with Gasteiger partial charge in [-0.1, -0.05) is 0 Å². The third-order valence-electron chi connectivity index (χ3n) is 3.62. The van der Waals surface area contributed by atoms with Crippen LogP contribution in [0.2, 0.25) is 0 Å². The van der Waals surface area contributed by atoms with Crippen LogP contribution < -0.4 is 5.32 Å². The van der Waals surface area contributed by atoms with Gasteiger partial charge in [0.2, 0.25) is 0 Å². The number of nitrogens with zero attached hydrogens (tertiary/aromatic N) is 3. The first kappa shape index (κ1) is 12.4. The Morgan fingerprint density at radius 1 is 1.47 bits per heavy atom. The van der Waals surface area contributed by atoms with E-state index in [1.807, 2.05) is 23.3 Å². The Hall–Kier alpha value is -1.66. The van der Waals surface area contributed by atoms with Crippen molar-refractivity contribution in [1.82, 2.24) is 25.1 Å². The zero-order valence-electron chi connectivity index (χ0n) is 11.3. The number of H-pyrrole nitrogens is 1. The minimum absolute atomic E-state index is 0.250. The van der Waals surface area contributed by atoms with E-state index in [1.54, 1.807) is 7.11 Å². The molecular formula is C13H19N5O. The highest BCUT2D eigenvalue weighted by Gasteiger charge is 2.27. The maximum absolute atomic E-state index is 5.35. The van der Waals surface area contributed by atoms with E-state index in [-0.39, 0.29) is 12.1 Å². The zero-order valence-corrected chi connectivity index (χ0v) is 11.3. The summed E-state index contributed by atoms with van der Waals surface area (Å²) in [5, 5.41) is 7.69. The summed E-state index contributed by atoms with van der Waals surface area (Å²) >= 11 is 0. The molecule has 1 aliphatic heterocycles. The fourth-order valence-corrected chi connectivity index (χ4v) is 2.43. The molecule has 2 atom stereocenters. The van der Waals surface area contributed by atoms with Crippen molar-refractivity contribution >= 4 is 0 Å². The van der Waals surface area contributed by atoms with E-state index in [0.717, 1.165) is 36.6 Å². The number of methoxy groups -OCH3 is 1. The molecule has 1 fully saturated rings. The molecule has 1 aliphatic rings. The number of aryl methyl sites for hydroxylation is 1. The summed E-state index contributed by atoms with van der Waals surface area (Å²) in [6.07, 6.45) is 6.99. The number of aromatic amines is 1. The highest BCUT2D eigenvalue weighted by Crippen LogP contribution is 2.25. The summed E-state index contributed by atoms with van der Waals surface area (Å²) in [5.41, 5.74) is 2.08. The molecule has 3 rings (SSSR count). The topological polar surface area (TPSA) is 67.8 Å². The molecule has 0 aliphatic carbocycles. The molecule has 0 amide bonds. The Morgan fingerprint density at radius 3 is 3.05 bits per heavy atom. The second-order valence-electron chi connectivity index (χ2n) is 4.82. The van der Waals surface area contributed by atoms with E-state index in [0.29, 0.717) is 0 Å². The van der Waals surface area contributed by atoms with Crippen molar-refractivity contribution in [3.63, 3.8) is 0 Å². The van der Waals surface area contributed by atoms with Crippen molar-refractivity contribution in [3.8, 4) is 11.3 Å². The molecule has 6 nitrogen and oxygen atoms in total. The largest absolute Gasteiger partial charge is 0.380 e. The van der Waals surface area contributed by atoms with Gasteiger partial charge in [0.1, 0.15) is 5.82 Å². The average Bonchev–Trinajstić information content (AvgIpc) is 3.16. The second-order valence-corrected chi connectivity index (χ2v) is 4.82. The summed E-state index contributed by atoms with van der Waals surface area (Å²) in [6, 6.07) is 0.250. The third kappa shape index (κ3) is 2.41. The second kappa shape index (κ2) is 5.14. The van der Waals surface area contributed by atoms with Gasteiger partial charge in [-0.3, -0.25) is 4.68 Å². The number of rotatable bonds is 4. The summed E-state index contributed by atoms with van der Waals surface area (Å²) < 4.78 is 7.26. The number of aromatic nitrogens is 4. The summed E-state index contributed by atoms with van der Waals surface area (Å²) in [6.45, 7) is 3.83. The zero-order chi connectivity index (χ0) is 13.2. The van der Waals surface area contributed by atoms with Crippen molar-refractivity contribution in [1.29, 1.82) is 0 Å². The van der Waals surface area contributed by atoms with Gasteiger partial charge in [0.05, 0.1) is 30.2 Å².